The summed E-state index contributed by atoms with van der Waals surface area (Å²) in [5.74, 6) is 0. The number of benzene rings is 1. The van der Waals surface area contributed by atoms with Crippen LogP contribution >= 0.6 is 31.9 Å². The molecule has 0 saturated heterocycles. The number of nitrogens with one attached hydrogen (secondary N) is 1. The van der Waals surface area contributed by atoms with Crippen molar-refractivity contribution in [3.8, 4) is 0 Å². The average Bonchev–Trinajstić information content (AvgIpc) is 2.21. The number of aromatic amines is 1. The minimum absolute atomic E-state index is 0.166. The van der Waals surface area contributed by atoms with Crippen LogP contribution in [0.4, 0.5) is 13.2 Å². The Bertz CT molecular complexity index is 648. The van der Waals surface area contributed by atoms with Crippen LogP contribution in [0.25, 0.3) is 10.8 Å². The number of pyridine rings is 1. The summed E-state index contributed by atoms with van der Waals surface area (Å²) in [6.45, 7) is 0. The van der Waals surface area contributed by atoms with Crippen LogP contribution in [0.5, 0.6) is 0 Å². The molecule has 0 aliphatic rings. The van der Waals surface area contributed by atoms with Crippen molar-refractivity contribution in [1.82, 2.24) is 4.98 Å². The molecule has 0 aliphatic carbocycles. The van der Waals surface area contributed by atoms with E-state index in [9.17, 15) is 18.0 Å². The van der Waals surface area contributed by atoms with E-state index >= 15 is 0 Å². The van der Waals surface area contributed by atoms with Gasteiger partial charge in [0.1, 0.15) is 5.69 Å². The Kier molecular flexibility index (Phi) is 3.07. The van der Waals surface area contributed by atoms with Crippen molar-refractivity contribution >= 4 is 42.6 Å². The lowest BCUT2D eigenvalue weighted by molar-refractivity contribution is -0.141. The van der Waals surface area contributed by atoms with Crippen molar-refractivity contribution < 1.29 is 13.2 Å². The quantitative estimate of drug-likeness (QED) is 0.744. The predicted molar refractivity (Wildman–Crippen MR) is 65.0 cm³/mol. The maximum Gasteiger partial charge on any atom is 0.432 e. The first kappa shape index (κ1) is 12.6. The van der Waals surface area contributed by atoms with Crippen molar-refractivity contribution in [3.63, 3.8) is 0 Å². The monoisotopic (exact) mass is 369 g/mol. The molecule has 0 spiro atoms. The van der Waals surface area contributed by atoms with Gasteiger partial charge in [0.15, 0.2) is 0 Å². The van der Waals surface area contributed by atoms with Crippen molar-refractivity contribution in [3.05, 3.63) is 43.2 Å². The molecule has 2 rings (SSSR count). The smallest absolute Gasteiger partial charge is 0.317 e. The summed E-state index contributed by atoms with van der Waals surface area (Å²) in [7, 11) is 0. The summed E-state index contributed by atoms with van der Waals surface area (Å²) >= 11 is 6.03. The second-order valence-electron chi connectivity index (χ2n) is 3.33. The molecule has 0 bridgehead atoms. The molecule has 0 saturated carbocycles. The Morgan fingerprint density at radius 3 is 2.35 bits per heavy atom. The van der Waals surface area contributed by atoms with Gasteiger partial charge in [0.2, 0.25) is 0 Å². The van der Waals surface area contributed by atoms with Crippen LogP contribution in [0.15, 0.2) is 31.9 Å². The molecule has 1 aromatic carbocycles. The highest BCUT2D eigenvalue weighted by Crippen LogP contribution is 2.36. The van der Waals surface area contributed by atoms with Crippen LogP contribution < -0.4 is 5.56 Å². The van der Waals surface area contributed by atoms with Gasteiger partial charge in [-0.1, -0.05) is 15.9 Å². The second kappa shape index (κ2) is 4.13. The zero-order valence-corrected chi connectivity index (χ0v) is 11.2. The summed E-state index contributed by atoms with van der Waals surface area (Å²) in [4.78, 5) is 13.4. The van der Waals surface area contributed by atoms with E-state index in [1.807, 2.05) is 4.98 Å². The van der Waals surface area contributed by atoms with E-state index in [4.69, 9.17) is 0 Å². The number of aromatic nitrogens is 1. The molecular weight excluding hydrogens is 367 g/mol. The van der Waals surface area contributed by atoms with Crippen molar-refractivity contribution in [1.29, 1.82) is 0 Å². The number of hydrogen-bond acceptors (Lipinski definition) is 1. The molecule has 1 heterocycles. The van der Waals surface area contributed by atoms with Gasteiger partial charge in [0.05, 0.1) is 4.47 Å². The van der Waals surface area contributed by atoms with Gasteiger partial charge in [-0.3, -0.25) is 4.79 Å². The Morgan fingerprint density at radius 1 is 1.12 bits per heavy atom. The average molecular weight is 371 g/mol. The molecule has 0 fully saturated rings. The van der Waals surface area contributed by atoms with Gasteiger partial charge >= 0.3 is 6.18 Å². The predicted octanol–water partition coefficient (Wildman–Crippen LogP) is 4.07. The number of rotatable bonds is 0. The van der Waals surface area contributed by atoms with Gasteiger partial charge in [-0.25, -0.2) is 0 Å². The molecule has 7 heteroatoms. The normalized spacial score (nSPS) is 12.1. The van der Waals surface area contributed by atoms with Crippen molar-refractivity contribution in [2.75, 3.05) is 0 Å². The molecule has 90 valence electrons. The fourth-order valence-electron chi connectivity index (χ4n) is 1.46. The lowest BCUT2D eigenvalue weighted by Gasteiger charge is -2.10. The lowest BCUT2D eigenvalue weighted by Crippen LogP contribution is -2.17. The van der Waals surface area contributed by atoms with Gasteiger partial charge in [0, 0.05) is 15.2 Å². The highest BCUT2D eigenvalue weighted by molar-refractivity contribution is 9.11. The van der Waals surface area contributed by atoms with Gasteiger partial charge < -0.3 is 4.98 Å². The van der Waals surface area contributed by atoms with Gasteiger partial charge in [-0.05, 0) is 34.1 Å². The number of H-pyrrole nitrogens is 1. The number of fused-ring (bicyclic) bond motifs is 1. The van der Waals surface area contributed by atoms with E-state index in [1.54, 1.807) is 6.07 Å². The molecule has 0 atom stereocenters. The maximum atomic E-state index is 12.6. The molecule has 0 amide bonds. The molecule has 2 nitrogen and oxygen atoms in total. The third kappa shape index (κ3) is 2.26. The number of alkyl halides is 3. The maximum absolute atomic E-state index is 12.6. The molecule has 0 unspecified atom stereocenters. The minimum atomic E-state index is -4.60. The summed E-state index contributed by atoms with van der Waals surface area (Å²) in [6.07, 6.45) is -4.60. The highest BCUT2D eigenvalue weighted by Gasteiger charge is 2.35. The first-order chi connectivity index (χ1) is 7.80. The summed E-state index contributed by atoms with van der Waals surface area (Å²) in [5.41, 5.74) is -1.84. The van der Waals surface area contributed by atoms with Crippen LogP contribution in [-0.2, 0) is 6.18 Å². The van der Waals surface area contributed by atoms with Crippen LogP contribution in [0.2, 0.25) is 0 Å². The zero-order chi connectivity index (χ0) is 12.8. The van der Waals surface area contributed by atoms with E-state index in [-0.39, 0.29) is 15.2 Å². The Hall–Kier alpha value is -0.820. The molecule has 0 aliphatic heterocycles. The zero-order valence-electron chi connectivity index (χ0n) is 8.03. The van der Waals surface area contributed by atoms with E-state index in [0.717, 1.165) is 0 Å². The molecule has 0 radical (unpaired) electrons. The number of hydrogen-bond donors (Lipinski definition) is 1. The third-order valence-corrected chi connectivity index (χ3v) is 3.52. The van der Waals surface area contributed by atoms with Crippen LogP contribution in [0.1, 0.15) is 5.69 Å². The standard InChI is InChI=1S/C10H4Br2F3NO/c11-4-1-2-5-6(3-4)7(12)8(10(13,14)15)16-9(5)17/h1-3H,(H,16,17). The van der Waals surface area contributed by atoms with E-state index in [1.165, 1.54) is 12.1 Å². The summed E-state index contributed by atoms with van der Waals surface area (Å²) in [5, 5.41) is 0.420. The van der Waals surface area contributed by atoms with Crippen LogP contribution in [-0.4, -0.2) is 4.98 Å². The van der Waals surface area contributed by atoms with E-state index in [2.05, 4.69) is 31.9 Å². The summed E-state index contributed by atoms with van der Waals surface area (Å²) in [6, 6.07) is 4.52. The molecule has 2 aromatic rings. The number of halogens is 5. The minimum Gasteiger partial charge on any atom is -0.317 e. The lowest BCUT2D eigenvalue weighted by atomic mass is 10.1. The second-order valence-corrected chi connectivity index (χ2v) is 5.04. The SMILES string of the molecule is O=c1[nH]c(C(F)(F)F)c(Br)c2cc(Br)ccc12. The molecule has 1 aromatic heterocycles. The fraction of sp³-hybridized carbons (Fsp3) is 0.100. The molecule has 1 N–H and O–H groups in total. The van der Waals surface area contributed by atoms with Crippen molar-refractivity contribution in [2.45, 2.75) is 6.18 Å². The summed E-state index contributed by atoms with van der Waals surface area (Å²) < 4.78 is 38.4. The molecule has 17 heavy (non-hydrogen) atoms. The topological polar surface area (TPSA) is 32.9 Å². The van der Waals surface area contributed by atoms with E-state index in [0.29, 0.717) is 4.47 Å². The van der Waals surface area contributed by atoms with E-state index < -0.39 is 17.4 Å². The first-order valence-corrected chi connectivity index (χ1v) is 5.97. The van der Waals surface area contributed by atoms with Gasteiger partial charge in [-0.2, -0.15) is 13.2 Å². The first-order valence-electron chi connectivity index (χ1n) is 4.39. The van der Waals surface area contributed by atoms with Crippen molar-refractivity contribution in [2.24, 2.45) is 0 Å². The third-order valence-electron chi connectivity index (χ3n) is 2.20. The largest absolute Gasteiger partial charge is 0.432 e. The fourth-order valence-corrected chi connectivity index (χ4v) is 2.47. The van der Waals surface area contributed by atoms with Crippen LogP contribution in [0.3, 0.4) is 0 Å². The van der Waals surface area contributed by atoms with Gasteiger partial charge in [-0.15, -0.1) is 0 Å². The Balaban J connectivity index is 2.93. The highest BCUT2D eigenvalue weighted by atomic mass is 79.9. The molecular formula is C10H4Br2F3NO. The van der Waals surface area contributed by atoms with Crippen LogP contribution in [0, 0.1) is 0 Å². The Morgan fingerprint density at radius 2 is 1.76 bits per heavy atom. The Labute approximate surface area is 110 Å². The van der Waals surface area contributed by atoms with Gasteiger partial charge in [0.25, 0.3) is 5.56 Å².